The molecule has 1 fully saturated rings. The standard InChI is InChI=1S/C17H15ClF3N3/c18-16-14-15(24(9-22-14)11-4-2-1-3-5-11)12-7-6-10(17(19,20)21)8-13(12)23-16/h6-9,11H,1-5H2. The maximum absolute atomic E-state index is 13.0. The predicted molar refractivity (Wildman–Crippen MR) is 87.2 cm³/mol. The number of nitrogens with zero attached hydrogens (tertiary/aromatic N) is 3. The van der Waals surface area contributed by atoms with Crippen molar-refractivity contribution < 1.29 is 13.2 Å². The molecule has 0 unspecified atom stereocenters. The fourth-order valence-corrected chi connectivity index (χ4v) is 3.80. The van der Waals surface area contributed by atoms with Gasteiger partial charge in [-0.15, -0.1) is 0 Å². The van der Waals surface area contributed by atoms with Crippen LogP contribution in [0.1, 0.15) is 43.7 Å². The molecule has 2 heterocycles. The number of pyridine rings is 1. The van der Waals surface area contributed by atoms with Gasteiger partial charge in [-0.1, -0.05) is 36.9 Å². The maximum atomic E-state index is 13.0. The van der Waals surface area contributed by atoms with Crippen LogP contribution in [-0.2, 0) is 6.18 Å². The number of hydrogen-bond donors (Lipinski definition) is 0. The Morgan fingerprint density at radius 2 is 1.88 bits per heavy atom. The van der Waals surface area contributed by atoms with Crippen molar-refractivity contribution in [3.05, 3.63) is 35.2 Å². The largest absolute Gasteiger partial charge is 0.416 e. The number of fused-ring (bicyclic) bond motifs is 3. The Bertz CT molecular complexity index is 911. The minimum Gasteiger partial charge on any atom is -0.327 e. The lowest BCUT2D eigenvalue weighted by molar-refractivity contribution is -0.137. The third kappa shape index (κ3) is 2.53. The van der Waals surface area contributed by atoms with Crippen LogP contribution in [0.4, 0.5) is 13.2 Å². The van der Waals surface area contributed by atoms with Crippen LogP contribution in [0, 0.1) is 0 Å². The molecule has 4 rings (SSSR count). The van der Waals surface area contributed by atoms with Crippen LogP contribution in [0.3, 0.4) is 0 Å². The molecule has 24 heavy (non-hydrogen) atoms. The quantitative estimate of drug-likeness (QED) is 0.520. The summed E-state index contributed by atoms with van der Waals surface area (Å²) in [5, 5.41) is 0.803. The minimum atomic E-state index is -4.40. The lowest BCUT2D eigenvalue weighted by atomic mass is 9.95. The zero-order valence-electron chi connectivity index (χ0n) is 12.8. The second kappa shape index (κ2) is 5.62. The fourth-order valence-electron chi connectivity index (χ4n) is 3.57. The zero-order valence-corrected chi connectivity index (χ0v) is 13.5. The highest BCUT2D eigenvalue weighted by Crippen LogP contribution is 2.37. The van der Waals surface area contributed by atoms with E-state index in [1.54, 1.807) is 6.33 Å². The summed E-state index contributed by atoms with van der Waals surface area (Å²) in [5.41, 5.74) is 0.863. The van der Waals surface area contributed by atoms with E-state index < -0.39 is 11.7 Å². The second-order valence-corrected chi connectivity index (χ2v) is 6.63. The van der Waals surface area contributed by atoms with Crippen LogP contribution >= 0.6 is 11.6 Å². The van der Waals surface area contributed by atoms with Crippen molar-refractivity contribution >= 4 is 33.5 Å². The lowest BCUT2D eigenvalue weighted by Crippen LogP contribution is -2.12. The van der Waals surface area contributed by atoms with Crippen molar-refractivity contribution in [2.45, 2.75) is 44.3 Å². The van der Waals surface area contributed by atoms with Gasteiger partial charge in [-0.2, -0.15) is 13.2 Å². The molecule has 1 aliphatic carbocycles. The number of benzene rings is 1. The molecule has 126 valence electrons. The Morgan fingerprint density at radius 1 is 1.12 bits per heavy atom. The Hall–Kier alpha value is -1.82. The van der Waals surface area contributed by atoms with Gasteiger partial charge in [0.1, 0.15) is 5.52 Å². The molecule has 3 nitrogen and oxygen atoms in total. The summed E-state index contributed by atoms with van der Waals surface area (Å²) >= 11 is 6.19. The first-order valence-corrected chi connectivity index (χ1v) is 8.36. The molecule has 1 saturated carbocycles. The molecular weight excluding hydrogens is 339 g/mol. The first kappa shape index (κ1) is 15.7. The van der Waals surface area contributed by atoms with E-state index in [0.29, 0.717) is 16.9 Å². The average Bonchev–Trinajstić information content (AvgIpc) is 3.00. The topological polar surface area (TPSA) is 30.7 Å². The van der Waals surface area contributed by atoms with E-state index in [1.165, 1.54) is 12.5 Å². The van der Waals surface area contributed by atoms with Crippen LogP contribution in [0.15, 0.2) is 24.5 Å². The molecule has 0 radical (unpaired) electrons. The molecule has 0 spiro atoms. The Morgan fingerprint density at radius 3 is 2.58 bits per heavy atom. The number of alkyl halides is 3. The summed E-state index contributed by atoms with van der Waals surface area (Å²) in [6.45, 7) is 0. The number of halogens is 4. The molecule has 1 aliphatic rings. The van der Waals surface area contributed by atoms with E-state index in [0.717, 1.165) is 43.3 Å². The molecule has 2 aromatic heterocycles. The summed E-state index contributed by atoms with van der Waals surface area (Å²) < 4.78 is 41.0. The highest BCUT2D eigenvalue weighted by Gasteiger charge is 2.31. The van der Waals surface area contributed by atoms with E-state index in [9.17, 15) is 13.2 Å². The lowest BCUT2D eigenvalue weighted by Gasteiger charge is -2.24. The third-order valence-electron chi connectivity index (χ3n) is 4.76. The Labute approximate surface area is 141 Å². The summed E-state index contributed by atoms with van der Waals surface area (Å²) in [4.78, 5) is 8.49. The molecule has 0 bridgehead atoms. The van der Waals surface area contributed by atoms with E-state index >= 15 is 0 Å². The highest BCUT2D eigenvalue weighted by molar-refractivity contribution is 6.35. The molecular formula is C17H15ClF3N3. The van der Waals surface area contributed by atoms with Gasteiger partial charge in [-0.25, -0.2) is 9.97 Å². The van der Waals surface area contributed by atoms with Crippen molar-refractivity contribution in [3.63, 3.8) is 0 Å². The van der Waals surface area contributed by atoms with Gasteiger partial charge in [0.05, 0.1) is 22.9 Å². The zero-order chi connectivity index (χ0) is 16.9. The van der Waals surface area contributed by atoms with Crippen molar-refractivity contribution in [3.8, 4) is 0 Å². The van der Waals surface area contributed by atoms with E-state index in [4.69, 9.17) is 11.6 Å². The van der Waals surface area contributed by atoms with Crippen molar-refractivity contribution in [2.24, 2.45) is 0 Å². The van der Waals surface area contributed by atoms with Gasteiger partial charge in [-0.3, -0.25) is 0 Å². The summed E-state index contributed by atoms with van der Waals surface area (Å²) in [5.74, 6) is 0. The number of imidazole rings is 1. The molecule has 0 aliphatic heterocycles. The summed E-state index contributed by atoms with van der Waals surface area (Å²) in [6.07, 6.45) is 2.97. The van der Waals surface area contributed by atoms with Crippen molar-refractivity contribution in [1.29, 1.82) is 0 Å². The summed E-state index contributed by atoms with van der Waals surface area (Å²) in [7, 11) is 0. The van der Waals surface area contributed by atoms with Crippen LogP contribution in [0.5, 0.6) is 0 Å². The average molecular weight is 354 g/mol. The van der Waals surface area contributed by atoms with Crippen LogP contribution < -0.4 is 0 Å². The van der Waals surface area contributed by atoms with E-state index in [2.05, 4.69) is 14.5 Å². The molecule has 0 N–H and O–H groups in total. The molecule has 0 saturated heterocycles. The summed E-state index contributed by atoms with van der Waals surface area (Å²) in [6, 6.07) is 3.94. The highest BCUT2D eigenvalue weighted by atomic mass is 35.5. The van der Waals surface area contributed by atoms with Gasteiger partial charge in [0.2, 0.25) is 0 Å². The van der Waals surface area contributed by atoms with Gasteiger partial charge in [0, 0.05) is 11.4 Å². The van der Waals surface area contributed by atoms with Crippen LogP contribution in [0.2, 0.25) is 5.15 Å². The molecule has 3 aromatic rings. The van der Waals surface area contributed by atoms with E-state index in [-0.39, 0.29) is 10.7 Å². The number of aromatic nitrogens is 3. The first-order valence-electron chi connectivity index (χ1n) is 7.98. The third-order valence-corrected chi connectivity index (χ3v) is 5.02. The molecule has 1 aromatic carbocycles. The Kier molecular flexibility index (Phi) is 3.67. The smallest absolute Gasteiger partial charge is 0.327 e. The van der Waals surface area contributed by atoms with Gasteiger partial charge < -0.3 is 4.57 Å². The van der Waals surface area contributed by atoms with Gasteiger partial charge in [-0.05, 0) is 25.0 Å². The Balaban J connectivity index is 1.96. The van der Waals surface area contributed by atoms with Crippen LogP contribution in [-0.4, -0.2) is 14.5 Å². The molecule has 0 atom stereocenters. The van der Waals surface area contributed by atoms with Crippen molar-refractivity contribution in [2.75, 3.05) is 0 Å². The minimum absolute atomic E-state index is 0.145. The molecule has 0 amide bonds. The monoisotopic (exact) mass is 353 g/mol. The first-order chi connectivity index (χ1) is 11.4. The second-order valence-electron chi connectivity index (χ2n) is 6.27. The maximum Gasteiger partial charge on any atom is 0.416 e. The SMILES string of the molecule is FC(F)(F)c1ccc2c(c1)nc(Cl)c1ncn(C3CCCCC3)c12. The van der Waals surface area contributed by atoms with Gasteiger partial charge in [0.25, 0.3) is 0 Å². The fraction of sp³-hybridized carbons (Fsp3) is 0.412. The normalized spacial score (nSPS) is 17.0. The van der Waals surface area contributed by atoms with E-state index in [1.807, 2.05) is 0 Å². The van der Waals surface area contributed by atoms with Gasteiger partial charge in [0.15, 0.2) is 5.15 Å². The number of hydrogen-bond acceptors (Lipinski definition) is 2. The van der Waals surface area contributed by atoms with Crippen LogP contribution in [0.25, 0.3) is 21.9 Å². The number of rotatable bonds is 1. The van der Waals surface area contributed by atoms with Crippen molar-refractivity contribution in [1.82, 2.24) is 14.5 Å². The molecule has 7 heteroatoms. The van der Waals surface area contributed by atoms with Gasteiger partial charge >= 0.3 is 6.18 Å². The predicted octanol–water partition coefficient (Wildman–Crippen LogP) is 5.76.